The quantitative estimate of drug-likeness (QED) is 0.664. The Balaban J connectivity index is 1.55. The van der Waals surface area contributed by atoms with E-state index in [-0.39, 0.29) is 21.7 Å². The zero-order valence-electron chi connectivity index (χ0n) is 15.1. The molecule has 0 saturated carbocycles. The van der Waals surface area contributed by atoms with Gasteiger partial charge < -0.3 is 5.32 Å². The van der Waals surface area contributed by atoms with Gasteiger partial charge in [-0.05, 0) is 60.7 Å². The second kappa shape index (κ2) is 7.35. The minimum Gasteiger partial charge on any atom is -0.348 e. The molecule has 0 radical (unpaired) electrons. The van der Waals surface area contributed by atoms with Crippen molar-refractivity contribution in [3.8, 4) is 0 Å². The van der Waals surface area contributed by atoms with Crippen molar-refractivity contribution >= 4 is 38.7 Å². The van der Waals surface area contributed by atoms with Crippen LogP contribution in [0.3, 0.4) is 0 Å². The molecule has 0 atom stereocenters. The Morgan fingerprint density at radius 3 is 2.29 bits per heavy atom. The molecule has 2 aromatic carbocycles. The first-order valence-electron chi connectivity index (χ1n) is 8.82. The molecule has 0 aliphatic heterocycles. The number of nitrogens with one attached hydrogen (secondary N) is 1. The Morgan fingerprint density at radius 2 is 1.68 bits per heavy atom. The first kappa shape index (κ1) is 19.2. The molecule has 0 fully saturated rings. The van der Waals surface area contributed by atoms with E-state index in [1.807, 2.05) is 12.1 Å². The minimum absolute atomic E-state index is 0.0303. The lowest BCUT2D eigenvalue weighted by Crippen LogP contribution is -2.35. The average Bonchev–Trinajstić information content (AvgIpc) is 3.25. The molecule has 1 aliphatic rings. The van der Waals surface area contributed by atoms with Crippen molar-refractivity contribution in [3.05, 3.63) is 80.5 Å². The summed E-state index contributed by atoms with van der Waals surface area (Å²) in [7, 11) is -3.70. The van der Waals surface area contributed by atoms with Gasteiger partial charge >= 0.3 is 0 Å². The van der Waals surface area contributed by atoms with Gasteiger partial charge in [0, 0.05) is 16.4 Å². The van der Waals surface area contributed by atoms with Crippen LogP contribution in [0.4, 0.5) is 0 Å². The highest BCUT2D eigenvalue weighted by atomic mass is 35.5. The van der Waals surface area contributed by atoms with Crippen LogP contribution in [-0.4, -0.2) is 20.4 Å². The molecule has 0 bridgehead atoms. The van der Waals surface area contributed by atoms with Gasteiger partial charge in [0.1, 0.15) is 0 Å². The van der Waals surface area contributed by atoms with Crippen molar-refractivity contribution in [2.24, 2.45) is 0 Å². The predicted molar refractivity (Wildman–Crippen MR) is 111 cm³/mol. The number of hydrogen-bond acceptors (Lipinski definition) is 4. The number of hydrogen-bond donors (Lipinski definition) is 1. The molecule has 1 amide bonds. The van der Waals surface area contributed by atoms with Crippen LogP contribution in [0.25, 0.3) is 0 Å². The van der Waals surface area contributed by atoms with Gasteiger partial charge in [0.05, 0.1) is 14.7 Å². The average molecular weight is 432 g/mol. The highest BCUT2D eigenvalue weighted by Gasteiger charge is 2.28. The van der Waals surface area contributed by atoms with E-state index in [4.69, 9.17) is 11.6 Å². The molecular weight excluding hydrogens is 414 g/mol. The summed E-state index contributed by atoms with van der Waals surface area (Å²) in [5, 5.41) is 5.06. The summed E-state index contributed by atoms with van der Waals surface area (Å²) in [6, 6.07) is 14.2. The summed E-state index contributed by atoms with van der Waals surface area (Å²) in [5.41, 5.74) is 2.98. The summed E-state index contributed by atoms with van der Waals surface area (Å²) < 4.78 is 25.9. The largest absolute Gasteiger partial charge is 0.348 e. The van der Waals surface area contributed by atoms with Crippen LogP contribution in [0.15, 0.2) is 63.7 Å². The lowest BCUT2D eigenvalue weighted by Gasteiger charge is -2.12. The van der Waals surface area contributed by atoms with Crippen molar-refractivity contribution in [1.29, 1.82) is 0 Å². The van der Waals surface area contributed by atoms with E-state index in [9.17, 15) is 13.2 Å². The normalized spacial score (nSPS) is 14.1. The maximum absolute atomic E-state index is 12.9. The predicted octanol–water partition coefficient (Wildman–Crippen LogP) is 4.44. The van der Waals surface area contributed by atoms with E-state index in [1.54, 1.807) is 19.1 Å². The van der Waals surface area contributed by atoms with Gasteiger partial charge in [-0.25, -0.2) is 8.42 Å². The summed E-state index contributed by atoms with van der Waals surface area (Å²) in [5.74, 6) is -0.224. The highest BCUT2D eigenvalue weighted by molar-refractivity contribution is 7.91. The Morgan fingerprint density at radius 1 is 1.07 bits per heavy atom. The number of carbonyl (C=O) groups excluding carboxylic acids is 1. The Hall–Kier alpha value is -2.15. The fourth-order valence-corrected chi connectivity index (χ4v) is 6.49. The van der Waals surface area contributed by atoms with Gasteiger partial charge in [0.25, 0.3) is 5.91 Å². The molecule has 7 heteroatoms. The molecule has 0 saturated heterocycles. The first-order valence-corrected chi connectivity index (χ1v) is 11.6. The van der Waals surface area contributed by atoms with Crippen LogP contribution in [0.5, 0.6) is 0 Å². The molecule has 0 spiro atoms. The Bertz CT molecular complexity index is 1130. The Kier molecular flexibility index (Phi) is 5.04. The maximum atomic E-state index is 12.9. The number of amides is 1. The van der Waals surface area contributed by atoms with E-state index < -0.39 is 9.84 Å². The second-order valence-corrected chi connectivity index (χ2v) is 10.1. The zero-order chi connectivity index (χ0) is 19.9. The standard InChI is InChI=1S/C21H18ClNO3S2/c1-13-19(28(25,26)18-8-6-16(22)7-9-18)12-27-20(13)21(24)23-17-10-14-4-2-3-5-15(14)11-17/h2-9,12,17H,10-11H2,1H3,(H,23,24). The molecule has 4 nitrogen and oxygen atoms in total. The van der Waals surface area contributed by atoms with Gasteiger partial charge in [-0.15, -0.1) is 11.3 Å². The molecule has 1 aromatic heterocycles. The first-order chi connectivity index (χ1) is 13.4. The number of halogens is 1. The van der Waals surface area contributed by atoms with Crippen molar-refractivity contribution in [1.82, 2.24) is 5.32 Å². The zero-order valence-corrected chi connectivity index (χ0v) is 17.5. The summed E-state index contributed by atoms with van der Waals surface area (Å²) in [6.07, 6.45) is 1.59. The molecule has 28 heavy (non-hydrogen) atoms. The summed E-state index contributed by atoms with van der Waals surface area (Å²) >= 11 is 7.01. The second-order valence-electron chi connectivity index (χ2n) is 6.86. The molecule has 1 heterocycles. The fraction of sp³-hybridized carbons (Fsp3) is 0.190. The number of thiophene rings is 1. The van der Waals surface area contributed by atoms with Gasteiger partial charge in [-0.1, -0.05) is 35.9 Å². The third-order valence-corrected chi connectivity index (χ3v) is 8.38. The summed E-state index contributed by atoms with van der Waals surface area (Å²) in [4.78, 5) is 13.5. The van der Waals surface area contributed by atoms with Gasteiger partial charge in [0.2, 0.25) is 9.84 Å². The van der Waals surface area contributed by atoms with E-state index in [2.05, 4.69) is 17.4 Å². The van der Waals surface area contributed by atoms with Gasteiger partial charge in [0.15, 0.2) is 0 Å². The van der Waals surface area contributed by atoms with Crippen molar-refractivity contribution < 1.29 is 13.2 Å². The number of fused-ring (bicyclic) bond motifs is 1. The van der Waals surface area contributed by atoms with Crippen LogP contribution < -0.4 is 5.32 Å². The third-order valence-electron chi connectivity index (χ3n) is 5.00. The minimum atomic E-state index is -3.70. The topological polar surface area (TPSA) is 63.2 Å². The number of rotatable bonds is 4. The van der Waals surface area contributed by atoms with Gasteiger partial charge in [-0.3, -0.25) is 4.79 Å². The van der Waals surface area contributed by atoms with E-state index in [1.165, 1.54) is 28.6 Å². The molecule has 0 unspecified atom stereocenters. The summed E-state index contributed by atoms with van der Waals surface area (Å²) in [6.45, 7) is 1.68. The van der Waals surface area contributed by atoms with Crippen LogP contribution in [0, 0.1) is 6.92 Å². The lowest BCUT2D eigenvalue weighted by molar-refractivity contribution is 0.0942. The molecule has 1 aliphatic carbocycles. The number of benzene rings is 2. The van der Waals surface area contributed by atoms with E-state index in [0.29, 0.717) is 15.5 Å². The highest BCUT2D eigenvalue weighted by Crippen LogP contribution is 2.31. The van der Waals surface area contributed by atoms with Crippen LogP contribution in [0.1, 0.15) is 26.4 Å². The van der Waals surface area contributed by atoms with E-state index >= 15 is 0 Å². The fourth-order valence-electron chi connectivity index (χ4n) is 3.54. The number of carbonyl (C=O) groups is 1. The van der Waals surface area contributed by atoms with Gasteiger partial charge in [-0.2, -0.15) is 0 Å². The molecule has 144 valence electrons. The number of sulfone groups is 1. The molecule has 4 rings (SSSR count). The smallest absolute Gasteiger partial charge is 0.261 e. The van der Waals surface area contributed by atoms with Crippen molar-refractivity contribution in [2.45, 2.75) is 35.6 Å². The molecular formula is C21H18ClNO3S2. The maximum Gasteiger partial charge on any atom is 0.261 e. The molecule has 1 N–H and O–H groups in total. The lowest BCUT2D eigenvalue weighted by atomic mass is 10.1. The monoisotopic (exact) mass is 431 g/mol. The van der Waals surface area contributed by atoms with Crippen LogP contribution in [-0.2, 0) is 22.7 Å². The SMILES string of the molecule is Cc1c(S(=O)(=O)c2ccc(Cl)cc2)csc1C(=O)NC1Cc2ccccc2C1. The van der Waals surface area contributed by atoms with Crippen molar-refractivity contribution in [3.63, 3.8) is 0 Å². The molecule has 3 aromatic rings. The van der Waals surface area contributed by atoms with Crippen LogP contribution in [0.2, 0.25) is 5.02 Å². The Labute approximate surface area is 173 Å². The van der Waals surface area contributed by atoms with Crippen LogP contribution >= 0.6 is 22.9 Å². The van der Waals surface area contributed by atoms with Crippen molar-refractivity contribution in [2.75, 3.05) is 0 Å². The van der Waals surface area contributed by atoms with E-state index in [0.717, 1.165) is 24.2 Å². The third kappa shape index (κ3) is 3.48.